The van der Waals surface area contributed by atoms with Gasteiger partial charge in [-0.15, -0.1) is 0 Å². The molecule has 0 saturated heterocycles. The van der Waals surface area contributed by atoms with Crippen LogP contribution in [0.4, 0.5) is 4.39 Å². The Hall–Kier alpha value is -2.86. The van der Waals surface area contributed by atoms with Crippen molar-refractivity contribution in [3.63, 3.8) is 0 Å². The molecule has 1 heterocycles. The summed E-state index contributed by atoms with van der Waals surface area (Å²) < 4.78 is 20.9. The number of amides is 1. The Morgan fingerprint density at radius 3 is 2.67 bits per heavy atom. The van der Waals surface area contributed by atoms with Crippen molar-refractivity contribution >= 4 is 17.5 Å². The van der Waals surface area contributed by atoms with E-state index in [2.05, 4.69) is 10.4 Å². The van der Waals surface area contributed by atoms with Gasteiger partial charge in [0.15, 0.2) is 0 Å². The van der Waals surface area contributed by atoms with Crippen LogP contribution in [0.25, 0.3) is 0 Å². The number of carbonyl (C=O) groups is 1. The van der Waals surface area contributed by atoms with E-state index in [1.807, 2.05) is 25.1 Å². The molecule has 2 aromatic carbocycles. The van der Waals surface area contributed by atoms with Gasteiger partial charge in [0.2, 0.25) is 0 Å². The van der Waals surface area contributed by atoms with E-state index >= 15 is 0 Å². The van der Waals surface area contributed by atoms with Gasteiger partial charge in [0.05, 0.1) is 24.8 Å². The Labute approximate surface area is 161 Å². The van der Waals surface area contributed by atoms with Gasteiger partial charge in [0, 0.05) is 23.5 Å². The minimum atomic E-state index is -0.646. The molecule has 7 heteroatoms. The summed E-state index contributed by atoms with van der Waals surface area (Å²) in [5, 5.41) is 7.71. The number of carbonyl (C=O) groups excluding carboxylic acids is 1. The lowest BCUT2D eigenvalue weighted by Crippen LogP contribution is -2.40. The molecule has 0 aliphatic rings. The number of rotatable bonds is 6. The predicted octanol–water partition coefficient (Wildman–Crippen LogP) is 4.09. The molecule has 0 saturated carbocycles. The summed E-state index contributed by atoms with van der Waals surface area (Å²) >= 11 is 6.36. The van der Waals surface area contributed by atoms with E-state index in [1.165, 1.54) is 19.2 Å². The summed E-state index contributed by atoms with van der Waals surface area (Å²) in [7, 11) is 1.44. The number of halogens is 2. The summed E-state index contributed by atoms with van der Waals surface area (Å²) in [6.45, 7) is 1.83. The number of nitrogens with zero attached hydrogens (tertiary/aromatic N) is 2. The fraction of sp³-hybridized carbons (Fsp3) is 0.200. The van der Waals surface area contributed by atoms with Gasteiger partial charge in [0.25, 0.3) is 5.91 Å². The third-order valence-corrected chi connectivity index (χ3v) is 4.63. The van der Waals surface area contributed by atoms with Crippen LogP contribution >= 0.6 is 11.6 Å². The molecule has 1 amide bonds. The summed E-state index contributed by atoms with van der Waals surface area (Å²) in [4.78, 5) is 12.6. The summed E-state index contributed by atoms with van der Waals surface area (Å²) in [6.07, 6.45) is 3.45. The van der Waals surface area contributed by atoms with Gasteiger partial charge < -0.3 is 10.1 Å². The highest BCUT2D eigenvalue weighted by atomic mass is 35.5. The lowest BCUT2D eigenvalue weighted by Gasteiger charge is -2.26. The Morgan fingerprint density at radius 1 is 1.26 bits per heavy atom. The van der Waals surface area contributed by atoms with Crippen LogP contribution in [0.2, 0.25) is 5.02 Å². The maximum absolute atomic E-state index is 14.2. The molecule has 2 atom stereocenters. The van der Waals surface area contributed by atoms with E-state index < -0.39 is 17.8 Å². The fourth-order valence-corrected chi connectivity index (χ4v) is 3.22. The van der Waals surface area contributed by atoms with Gasteiger partial charge in [-0.2, -0.15) is 5.10 Å². The Kier molecular flexibility index (Phi) is 5.76. The minimum Gasteiger partial charge on any atom is -0.497 e. The molecule has 0 radical (unpaired) electrons. The molecule has 0 bridgehead atoms. The molecule has 27 heavy (non-hydrogen) atoms. The molecule has 140 valence electrons. The molecular weight excluding hydrogens is 369 g/mol. The molecule has 5 nitrogen and oxygen atoms in total. The number of hydrogen-bond donors (Lipinski definition) is 1. The molecule has 3 aromatic rings. The van der Waals surface area contributed by atoms with Crippen molar-refractivity contribution in [2.45, 2.75) is 19.0 Å². The Balaban J connectivity index is 1.88. The number of hydrogen-bond acceptors (Lipinski definition) is 3. The summed E-state index contributed by atoms with van der Waals surface area (Å²) in [6, 6.07) is 12.5. The highest BCUT2D eigenvalue weighted by Crippen LogP contribution is 2.28. The van der Waals surface area contributed by atoms with E-state index in [1.54, 1.807) is 35.3 Å². The van der Waals surface area contributed by atoms with Crippen LogP contribution in [-0.2, 0) is 0 Å². The summed E-state index contributed by atoms with van der Waals surface area (Å²) in [5.74, 6) is -0.818. The van der Waals surface area contributed by atoms with E-state index in [0.29, 0.717) is 10.8 Å². The first kappa shape index (κ1) is 18.9. The second kappa shape index (κ2) is 8.22. The normalized spacial score (nSPS) is 13.0. The van der Waals surface area contributed by atoms with Crippen LogP contribution in [0.5, 0.6) is 5.75 Å². The van der Waals surface area contributed by atoms with Crippen LogP contribution in [0, 0.1) is 5.82 Å². The van der Waals surface area contributed by atoms with Gasteiger partial charge in [-0.1, -0.05) is 29.8 Å². The van der Waals surface area contributed by atoms with Gasteiger partial charge in [0.1, 0.15) is 11.6 Å². The molecule has 1 N–H and O–H groups in total. The third kappa shape index (κ3) is 4.11. The van der Waals surface area contributed by atoms with Crippen molar-refractivity contribution in [2.75, 3.05) is 7.11 Å². The van der Waals surface area contributed by atoms with Gasteiger partial charge in [-0.25, -0.2) is 4.39 Å². The number of nitrogens with one attached hydrogen (secondary N) is 1. The molecule has 0 unspecified atom stereocenters. The highest BCUT2D eigenvalue weighted by Gasteiger charge is 2.26. The Bertz CT molecular complexity index is 931. The van der Waals surface area contributed by atoms with Crippen molar-refractivity contribution in [3.8, 4) is 5.75 Å². The van der Waals surface area contributed by atoms with Crippen molar-refractivity contribution in [1.29, 1.82) is 0 Å². The number of ether oxygens (including phenoxy) is 1. The molecule has 0 spiro atoms. The molecule has 0 aliphatic heterocycles. The van der Waals surface area contributed by atoms with Crippen molar-refractivity contribution in [2.24, 2.45) is 0 Å². The van der Waals surface area contributed by atoms with Gasteiger partial charge in [-0.05, 0) is 36.8 Å². The third-order valence-electron chi connectivity index (χ3n) is 4.29. The topological polar surface area (TPSA) is 56.1 Å². The number of benzene rings is 2. The predicted molar refractivity (Wildman–Crippen MR) is 102 cm³/mol. The van der Waals surface area contributed by atoms with E-state index in [9.17, 15) is 9.18 Å². The van der Waals surface area contributed by atoms with Crippen molar-refractivity contribution in [1.82, 2.24) is 15.1 Å². The lowest BCUT2D eigenvalue weighted by molar-refractivity contribution is 0.0926. The van der Waals surface area contributed by atoms with E-state index in [-0.39, 0.29) is 11.6 Å². The zero-order valence-electron chi connectivity index (χ0n) is 14.9. The van der Waals surface area contributed by atoms with Crippen LogP contribution in [0.15, 0.2) is 60.9 Å². The second-order valence-electron chi connectivity index (χ2n) is 6.06. The number of aromatic nitrogens is 2. The van der Waals surface area contributed by atoms with Crippen LogP contribution < -0.4 is 10.1 Å². The monoisotopic (exact) mass is 387 g/mol. The quantitative estimate of drug-likeness (QED) is 0.693. The average Bonchev–Trinajstić information content (AvgIpc) is 3.17. The van der Waals surface area contributed by atoms with Crippen LogP contribution in [0.3, 0.4) is 0 Å². The molecule has 0 fully saturated rings. The van der Waals surface area contributed by atoms with E-state index in [4.69, 9.17) is 16.3 Å². The van der Waals surface area contributed by atoms with Crippen molar-refractivity contribution < 1.29 is 13.9 Å². The highest BCUT2D eigenvalue weighted by molar-refractivity contribution is 6.31. The molecular formula is C20H19ClFN3O2. The first-order valence-corrected chi connectivity index (χ1v) is 8.77. The first-order chi connectivity index (χ1) is 13.0. The van der Waals surface area contributed by atoms with Crippen LogP contribution in [-0.4, -0.2) is 28.8 Å². The second-order valence-corrected chi connectivity index (χ2v) is 6.47. The SMILES string of the molecule is COc1ccc(C(=O)N[C@@H](C)[C@H](c2ccccc2Cl)n2cccn2)c(F)c1. The van der Waals surface area contributed by atoms with E-state index in [0.717, 1.165) is 5.56 Å². The Morgan fingerprint density at radius 2 is 2.04 bits per heavy atom. The maximum Gasteiger partial charge on any atom is 0.254 e. The van der Waals surface area contributed by atoms with Gasteiger partial charge >= 0.3 is 0 Å². The van der Waals surface area contributed by atoms with Gasteiger partial charge in [-0.3, -0.25) is 9.48 Å². The maximum atomic E-state index is 14.2. The van der Waals surface area contributed by atoms with Crippen molar-refractivity contribution in [3.05, 3.63) is 82.9 Å². The largest absolute Gasteiger partial charge is 0.497 e. The molecule has 0 aliphatic carbocycles. The smallest absolute Gasteiger partial charge is 0.254 e. The standard InChI is InChI=1S/C20H19ClFN3O2/c1-13(24-20(26)16-9-8-14(27-2)12-18(16)22)19(25-11-5-10-23-25)15-6-3-4-7-17(15)21/h3-13,19H,1-2H3,(H,24,26)/t13-,19+/m0/s1. The average molecular weight is 388 g/mol. The lowest BCUT2D eigenvalue weighted by atomic mass is 10.00. The number of methoxy groups -OCH3 is 1. The summed E-state index contributed by atoms with van der Waals surface area (Å²) in [5.41, 5.74) is 0.756. The van der Waals surface area contributed by atoms with Crippen LogP contribution in [0.1, 0.15) is 28.9 Å². The fourth-order valence-electron chi connectivity index (χ4n) is 2.97. The zero-order chi connectivity index (χ0) is 19.4. The first-order valence-electron chi connectivity index (χ1n) is 8.39. The molecule has 3 rings (SSSR count). The zero-order valence-corrected chi connectivity index (χ0v) is 15.7. The minimum absolute atomic E-state index is 0.0546. The molecule has 1 aromatic heterocycles.